The Morgan fingerprint density at radius 2 is 2.11 bits per heavy atom. The molecule has 0 aromatic heterocycles. The number of rotatable bonds is 4. The first kappa shape index (κ1) is 14.8. The van der Waals surface area contributed by atoms with Crippen LogP contribution in [0, 0.1) is 11.8 Å². The van der Waals surface area contributed by atoms with Crippen molar-refractivity contribution in [1.82, 2.24) is 4.90 Å². The molecule has 2 aliphatic rings. The summed E-state index contributed by atoms with van der Waals surface area (Å²) in [6.45, 7) is 5.68. The zero-order valence-electron chi connectivity index (χ0n) is 12.1. The highest BCUT2D eigenvalue weighted by atomic mass is 16.4. The molecule has 0 aromatic carbocycles. The minimum Gasteiger partial charge on any atom is -0.480 e. The summed E-state index contributed by atoms with van der Waals surface area (Å²) in [6, 6.07) is 0. The summed E-state index contributed by atoms with van der Waals surface area (Å²) in [5.74, 6) is 0.189. The highest BCUT2D eigenvalue weighted by molar-refractivity contribution is 5.79. The number of nitrogens with zero attached hydrogens (tertiary/aromatic N) is 1. The van der Waals surface area contributed by atoms with Crippen LogP contribution in [0.1, 0.15) is 51.9 Å². The summed E-state index contributed by atoms with van der Waals surface area (Å²) in [5, 5.41) is 9.32. The number of aliphatic carboxylic acids is 1. The summed E-state index contributed by atoms with van der Waals surface area (Å²) in [6.07, 6.45) is 7.41. The predicted molar refractivity (Wildman–Crippen MR) is 76.0 cm³/mol. The topological polar surface area (TPSA) is 66.6 Å². The highest BCUT2D eigenvalue weighted by Gasteiger charge is 2.45. The largest absolute Gasteiger partial charge is 0.480 e. The van der Waals surface area contributed by atoms with Gasteiger partial charge in [-0.1, -0.05) is 13.3 Å². The van der Waals surface area contributed by atoms with E-state index in [4.69, 9.17) is 5.73 Å². The molecular weight excluding hydrogens is 240 g/mol. The molecule has 1 aliphatic heterocycles. The second-order valence-corrected chi connectivity index (χ2v) is 6.60. The summed E-state index contributed by atoms with van der Waals surface area (Å²) >= 11 is 0. The molecule has 2 rings (SSSR count). The van der Waals surface area contributed by atoms with Crippen molar-refractivity contribution in [3.8, 4) is 0 Å². The molecule has 4 nitrogen and oxygen atoms in total. The number of nitrogens with two attached hydrogens (primary N) is 1. The number of likely N-dealkylation sites (tertiary alicyclic amines) is 1. The summed E-state index contributed by atoms with van der Waals surface area (Å²) in [7, 11) is 0. The third kappa shape index (κ3) is 3.48. The lowest BCUT2D eigenvalue weighted by Crippen LogP contribution is -2.51. The maximum absolute atomic E-state index is 11.3. The van der Waals surface area contributed by atoms with Crippen LogP contribution in [0.5, 0.6) is 0 Å². The van der Waals surface area contributed by atoms with Crippen molar-refractivity contribution in [3.63, 3.8) is 0 Å². The van der Waals surface area contributed by atoms with E-state index in [0.29, 0.717) is 6.42 Å². The summed E-state index contributed by atoms with van der Waals surface area (Å²) in [5.41, 5.74) is 5.14. The van der Waals surface area contributed by atoms with E-state index in [-0.39, 0.29) is 5.92 Å². The Labute approximate surface area is 116 Å². The Balaban J connectivity index is 1.83. The number of hydrogen-bond donors (Lipinski definition) is 2. The first-order chi connectivity index (χ1) is 9.02. The van der Waals surface area contributed by atoms with E-state index in [1.807, 2.05) is 0 Å². The Bertz CT molecular complexity index is 321. The number of carboxylic acid groups (broad SMARTS) is 1. The zero-order chi connectivity index (χ0) is 13.9. The number of carbonyl (C=O) groups is 1. The fourth-order valence-electron chi connectivity index (χ4n) is 3.67. The van der Waals surface area contributed by atoms with Crippen LogP contribution in [0.4, 0.5) is 0 Å². The van der Waals surface area contributed by atoms with Crippen LogP contribution in [-0.2, 0) is 4.79 Å². The number of carboxylic acids is 1. The minimum absolute atomic E-state index is 0.158. The quantitative estimate of drug-likeness (QED) is 0.819. The molecule has 1 saturated carbocycles. The van der Waals surface area contributed by atoms with Crippen molar-refractivity contribution in [2.75, 3.05) is 19.6 Å². The maximum atomic E-state index is 11.3. The second-order valence-electron chi connectivity index (χ2n) is 6.60. The van der Waals surface area contributed by atoms with Crippen molar-refractivity contribution in [1.29, 1.82) is 0 Å². The van der Waals surface area contributed by atoms with Crippen LogP contribution >= 0.6 is 0 Å². The monoisotopic (exact) mass is 268 g/mol. The van der Waals surface area contributed by atoms with E-state index in [0.717, 1.165) is 31.7 Å². The average molecular weight is 268 g/mol. The van der Waals surface area contributed by atoms with E-state index >= 15 is 0 Å². The van der Waals surface area contributed by atoms with Gasteiger partial charge in [-0.25, -0.2) is 0 Å². The van der Waals surface area contributed by atoms with Gasteiger partial charge in [-0.3, -0.25) is 4.79 Å². The third-order valence-electron chi connectivity index (χ3n) is 5.17. The van der Waals surface area contributed by atoms with E-state index in [2.05, 4.69) is 11.8 Å². The smallest absolute Gasteiger partial charge is 0.323 e. The maximum Gasteiger partial charge on any atom is 0.323 e. The lowest BCUT2D eigenvalue weighted by atomic mass is 9.85. The average Bonchev–Trinajstić information content (AvgIpc) is 2.62. The van der Waals surface area contributed by atoms with Gasteiger partial charge in [-0.2, -0.15) is 0 Å². The molecule has 3 N–H and O–H groups in total. The molecule has 4 heteroatoms. The normalized spacial score (nSPS) is 37.2. The molecule has 0 spiro atoms. The van der Waals surface area contributed by atoms with Crippen LogP contribution in [0.25, 0.3) is 0 Å². The predicted octanol–water partition coefficient (Wildman–Crippen LogP) is 2.08. The van der Waals surface area contributed by atoms with Gasteiger partial charge < -0.3 is 15.7 Å². The molecule has 1 saturated heterocycles. The van der Waals surface area contributed by atoms with Gasteiger partial charge in [0.05, 0.1) is 0 Å². The SMILES string of the molecule is CC1CCCN(CCC2CCCC2(N)C(=O)O)CC1. The fraction of sp³-hybridized carbons (Fsp3) is 0.933. The molecule has 0 radical (unpaired) electrons. The summed E-state index contributed by atoms with van der Waals surface area (Å²) < 4.78 is 0. The molecule has 0 amide bonds. The molecule has 3 atom stereocenters. The molecule has 1 heterocycles. The highest BCUT2D eigenvalue weighted by Crippen LogP contribution is 2.36. The Morgan fingerprint density at radius 1 is 1.32 bits per heavy atom. The van der Waals surface area contributed by atoms with Crippen molar-refractivity contribution >= 4 is 5.97 Å². The number of hydrogen-bond acceptors (Lipinski definition) is 3. The first-order valence-corrected chi connectivity index (χ1v) is 7.77. The van der Waals surface area contributed by atoms with Crippen molar-refractivity contribution < 1.29 is 9.90 Å². The first-order valence-electron chi connectivity index (χ1n) is 7.77. The van der Waals surface area contributed by atoms with Gasteiger partial charge in [0.15, 0.2) is 0 Å². The lowest BCUT2D eigenvalue weighted by molar-refractivity contribution is -0.144. The van der Waals surface area contributed by atoms with Crippen molar-refractivity contribution in [2.45, 2.75) is 57.4 Å². The van der Waals surface area contributed by atoms with Gasteiger partial charge in [0, 0.05) is 0 Å². The van der Waals surface area contributed by atoms with Gasteiger partial charge in [-0.15, -0.1) is 0 Å². The standard InChI is InChI=1S/C15H28N2O2/c1-12-4-3-9-17(10-6-12)11-7-13-5-2-8-15(13,16)14(18)19/h12-13H,2-11,16H2,1H3,(H,18,19). The van der Waals surface area contributed by atoms with Crippen molar-refractivity contribution in [2.24, 2.45) is 17.6 Å². The second kappa shape index (κ2) is 6.23. The van der Waals surface area contributed by atoms with Gasteiger partial charge in [0.25, 0.3) is 0 Å². The van der Waals surface area contributed by atoms with Crippen LogP contribution in [-0.4, -0.2) is 41.1 Å². The lowest BCUT2D eigenvalue weighted by Gasteiger charge is -2.29. The molecule has 1 aliphatic carbocycles. The van der Waals surface area contributed by atoms with E-state index in [9.17, 15) is 9.90 Å². The van der Waals surface area contributed by atoms with E-state index in [1.54, 1.807) is 0 Å². The Kier molecular flexibility index (Phi) is 4.85. The molecule has 110 valence electrons. The zero-order valence-corrected chi connectivity index (χ0v) is 12.1. The molecule has 0 bridgehead atoms. The third-order valence-corrected chi connectivity index (χ3v) is 5.17. The van der Waals surface area contributed by atoms with E-state index in [1.165, 1.54) is 32.4 Å². The Hall–Kier alpha value is -0.610. The molecule has 0 aromatic rings. The molecular formula is C15H28N2O2. The molecule has 19 heavy (non-hydrogen) atoms. The van der Waals surface area contributed by atoms with E-state index < -0.39 is 11.5 Å². The van der Waals surface area contributed by atoms with Gasteiger partial charge in [-0.05, 0) is 70.0 Å². The van der Waals surface area contributed by atoms with Crippen molar-refractivity contribution in [3.05, 3.63) is 0 Å². The molecule has 2 fully saturated rings. The van der Waals surface area contributed by atoms with Crippen LogP contribution in [0.3, 0.4) is 0 Å². The minimum atomic E-state index is -0.959. The van der Waals surface area contributed by atoms with Crippen LogP contribution < -0.4 is 5.73 Å². The Morgan fingerprint density at radius 3 is 2.84 bits per heavy atom. The summed E-state index contributed by atoms with van der Waals surface area (Å²) in [4.78, 5) is 13.8. The van der Waals surface area contributed by atoms with Gasteiger partial charge >= 0.3 is 5.97 Å². The molecule has 3 unspecified atom stereocenters. The fourth-order valence-corrected chi connectivity index (χ4v) is 3.67. The van der Waals surface area contributed by atoms with Gasteiger partial charge in [0.1, 0.15) is 5.54 Å². The van der Waals surface area contributed by atoms with Crippen LogP contribution in [0.2, 0.25) is 0 Å². The van der Waals surface area contributed by atoms with Gasteiger partial charge in [0.2, 0.25) is 0 Å². The van der Waals surface area contributed by atoms with Crippen LogP contribution in [0.15, 0.2) is 0 Å².